The Kier molecular flexibility index (Phi) is 7.71. The molecule has 1 aromatic rings. The number of hydrogen-bond donors (Lipinski definition) is 1. The first-order valence-electron chi connectivity index (χ1n) is 8.93. The Morgan fingerprint density at radius 3 is 2.56 bits per heavy atom. The van der Waals surface area contributed by atoms with Crippen LogP contribution in [0.25, 0.3) is 0 Å². The number of ether oxygens (including phenoxy) is 1. The van der Waals surface area contributed by atoms with Gasteiger partial charge in [0.25, 0.3) is 0 Å². The van der Waals surface area contributed by atoms with E-state index in [1.54, 1.807) is 4.90 Å². The molecule has 1 heterocycles. The van der Waals surface area contributed by atoms with Gasteiger partial charge in [0.15, 0.2) is 0 Å². The molecule has 1 fully saturated rings. The fraction of sp³-hybridized carbons (Fsp3) is 0.611. The molecular weight excluding hydrogens is 340 g/mol. The van der Waals surface area contributed by atoms with Crippen LogP contribution in [0.1, 0.15) is 38.2 Å². The van der Waals surface area contributed by atoms with Crippen molar-refractivity contribution in [3.63, 3.8) is 0 Å². The highest BCUT2D eigenvalue weighted by molar-refractivity contribution is 7.89. The Bertz CT molecular complexity index is 626. The lowest BCUT2D eigenvalue weighted by Gasteiger charge is -2.31. The Balaban J connectivity index is 1.67. The number of hydrogen-bond acceptors (Lipinski definition) is 4. The zero-order valence-electron chi connectivity index (χ0n) is 14.8. The van der Waals surface area contributed by atoms with Crippen molar-refractivity contribution in [3.8, 4) is 0 Å². The molecule has 0 bridgehead atoms. The van der Waals surface area contributed by atoms with Gasteiger partial charge in [0.2, 0.25) is 10.0 Å². The highest BCUT2D eigenvalue weighted by Gasteiger charge is 2.24. The monoisotopic (exact) mass is 368 g/mol. The molecule has 0 atom stereocenters. The number of nitrogens with one attached hydrogen (secondary N) is 1. The van der Waals surface area contributed by atoms with Crippen LogP contribution in [0.2, 0.25) is 0 Å². The Morgan fingerprint density at radius 1 is 1.24 bits per heavy atom. The fourth-order valence-corrected chi connectivity index (χ4v) is 4.08. The number of nitrogens with zero attached hydrogens (tertiary/aromatic N) is 1. The van der Waals surface area contributed by atoms with Gasteiger partial charge < -0.3 is 9.64 Å². The van der Waals surface area contributed by atoms with Crippen LogP contribution in [0.5, 0.6) is 0 Å². The summed E-state index contributed by atoms with van der Waals surface area (Å²) in [7, 11) is -3.17. The van der Waals surface area contributed by atoms with Crippen molar-refractivity contribution in [2.45, 2.75) is 39.2 Å². The van der Waals surface area contributed by atoms with Crippen molar-refractivity contribution in [2.75, 3.05) is 25.4 Å². The maximum atomic E-state index is 12.1. The summed E-state index contributed by atoms with van der Waals surface area (Å²) >= 11 is 0. The van der Waals surface area contributed by atoms with E-state index in [4.69, 9.17) is 4.74 Å². The number of carbonyl (C=O) groups is 1. The Labute approximate surface area is 150 Å². The predicted molar refractivity (Wildman–Crippen MR) is 97.6 cm³/mol. The molecule has 0 spiro atoms. The molecule has 0 aromatic heterocycles. The molecule has 0 saturated carbocycles. The van der Waals surface area contributed by atoms with Gasteiger partial charge in [-0.3, -0.25) is 0 Å². The minimum absolute atomic E-state index is 0.189. The van der Waals surface area contributed by atoms with Crippen molar-refractivity contribution >= 4 is 16.1 Å². The minimum atomic E-state index is -3.17. The lowest BCUT2D eigenvalue weighted by atomic mass is 9.97. The summed E-state index contributed by atoms with van der Waals surface area (Å²) in [4.78, 5) is 13.8. The predicted octanol–water partition coefficient (Wildman–Crippen LogP) is 2.75. The maximum Gasteiger partial charge on any atom is 0.410 e. The standard InChI is InChI=1S/C18H28N2O4S/c1-2-3-13-25(22,23)19-14-16-9-11-20(12-10-16)18(21)24-15-17-7-5-4-6-8-17/h4-8,16,19H,2-3,9-15H2,1H3. The first kappa shape index (κ1) is 19.7. The van der Waals surface area contributed by atoms with E-state index in [2.05, 4.69) is 4.72 Å². The van der Waals surface area contributed by atoms with E-state index >= 15 is 0 Å². The summed E-state index contributed by atoms with van der Waals surface area (Å²) in [6.07, 6.45) is 2.82. The van der Waals surface area contributed by atoms with E-state index in [1.165, 1.54) is 0 Å². The zero-order chi connectivity index (χ0) is 18.1. The molecule has 0 radical (unpaired) electrons. The summed E-state index contributed by atoms with van der Waals surface area (Å²) in [6.45, 7) is 3.92. The topological polar surface area (TPSA) is 75.7 Å². The fourth-order valence-electron chi connectivity index (χ4n) is 2.78. The van der Waals surface area contributed by atoms with E-state index in [9.17, 15) is 13.2 Å². The van der Waals surface area contributed by atoms with E-state index in [0.717, 1.165) is 24.8 Å². The molecule has 7 heteroatoms. The van der Waals surface area contributed by atoms with Gasteiger partial charge in [0.05, 0.1) is 5.75 Å². The van der Waals surface area contributed by atoms with Crippen molar-refractivity contribution in [2.24, 2.45) is 5.92 Å². The summed E-state index contributed by atoms with van der Waals surface area (Å²) in [5.74, 6) is 0.461. The van der Waals surface area contributed by atoms with Crippen molar-refractivity contribution in [3.05, 3.63) is 35.9 Å². The number of benzene rings is 1. The summed E-state index contributed by atoms with van der Waals surface area (Å²) < 4.78 is 31.7. The lowest BCUT2D eigenvalue weighted by Crippen LogP contribution is -2.42. The molecule has 1 aliphatic heterocycles. The first-order valence-corrected chi connectivity index (χ1v) is 10.6. The number of piperidine rings is 1. The lowest BCUT2D eigenvalue weighted by molar-refractivity contribution is 0.0826. The van der Waals surface area contributed by atoms with Crippen LogP contribution in [0.3, 0.4) is 0 Å². The largest absolute Gasteiger partial charge is 0.445 e. The van der Waals surface area contributed by atoms with Crippen molar-refractivity contribution < 1.29 is 17.9 Å². The second-order valence-electron chi connectivity index (χ2n) is 6.49. The molecule has 1 saturated heterocycles. The molecule has 0 aliphatic carbocycles. The third-order valence-corrected chi connectivity index (χ3v) is 5.87. The number of carbonyl (C=O) groups excluding carboxylic acids is 1. The van der Waals surface area contributed by atoms with Gasteiger partial charge >= 0.3 is 6.09 Å². The normalized spacial score (nSPS) is 16.0. The number of likely N-dealkylation sites (tertiary alicyclic amines) is 1. The van der Waals surface area contributed by atoms with Gasteiger partial charge in [-0.2, -0.15) is 0 Å². The van der Waals surface area contributed by atoms with Gasteiger partial charge in [-0.1, -0.05) is 43.7 Å². The molecule has 6 nitrogen and oxygen atoms in total. The zero-order valence-corrected chi connectivity index (χ0v) is 15.6. The summed E-state index contributed by atoms with van der Waals surface area (Å²) in [5, 5.41) is 0. The number of unbranched alkanes of at least 4 members (excludes halogenated alkanes) is 1. The molecule has 1 aliphatic rings. The number of sulfonamides is 1. The molecule has 1 N–H and O–H groups in total. The van der Waals surface area contributed by atoms with E-state index < -0.39 is 10.0 Å². The second kappa shape index (κ2) is 9.77. The Hall–Kier alpha value is -1.60. The van der Waals surface area contributed by atoms with Gasteiger partial charge in [-0.25, -0.2) is 17.9 Å². The second-order valence-corrected chi connectivity index (χ2v) is 8.42. The third kappa shape index (κ3) is 7.04. The first-order chi connectivity index (χ1) is 12.0. The van der Waals surface area contributed by atoms with Crippen LogP contribution >= 0.6 is 0 Å². The van der Waals surface area contributed by atoms with E-state index in [1.807, 2.05) is 37.3 Å². The van der Waals surface area contributed by atoms with Crippen LogP contribution in [0.4, 0.5) is 4.79 Å². The highest BCUT2D eigenvalue weighted by Crippen LogP contribution is 2.18. The Morgan fingerprint density at radius 2 is 1.92 bits per heavy atom. The van der Waals surface area contributed by atoms with Crippen LogP contribution < -0.4 is 4.72 Å². The number of amides is 1. The highest BCUT2D eigenvalue weighted by atomic mass is 32.2. The van der Waals surface area contributed by atoms with E-state index in [0.29, 0.717) is 26.1 Å². The van der Waals surface area contributed by atoms with Crippen molar-refractivity contribution in [1.82, 2.24) is 9.62 Å². The quantitative estimate of drug-likeness (QED) is 0.765. The molecule has 2 rings (SSSR count). The average molecular weight is 368 g/mol. The molecule has 25 heavy (non-hydrogen) atoms. The van der Waals surface area contributed by atoms with E-state index in [-0.39, 0.29) is 24.4 Å². The average Bonchev–Trinajstić information content (AvgIpc) is 2.64. The molecular formula is C18H28N2O4S. The van der Waals surface area contributed by atoms with Gasteiger partial charge in [-0.15, -0.1) is 0 Å². The van der Waals surface area contributed by atoms with Gasteiger partial charge in [0.1, 0.15) is 6.61 Å². The van der Waals surface area contributed by atoms with Crippen LogP contribution in [0.15, 0.2) is 30.3 Å². The smallest absolute Gasteiger partial charge is 0.410 e. The summed E-state index contributed by atoms with van der Waals surface area (Å²) in [6, 6.07) is 9.59. The molecule has 1 aromatic carbocycles. The maximum absolute atomic E-state index is 12.1. The number of rotatable bonds is 8. The van der Waals surface area contributed by atoms with Crippen molar-refractivity contribution in [1.29, 1.82) is 0 Å². The third-order valence-electron chi connectivity index (χ3n) is 4.44. The minimum Gasteiger partial charge on any atom is -0.445 e. The SMILES string of the molecule is CCCCS(=O)(=O)NCC1CCN(C(=O)OCc2ccccc2)CC1. The summed E-state index contributed by atoms with van der Waals surface area (Å²) in [5.41, 5.74) is 0.965. The van der Waals surface area contributed by atoms with Crippen LogP contribution in [0, 0.1) is 5.92 Å². The van der Waals surface area contributed by atoms with Crippen LogP contribution in [-0.4, -0.2) is 44.8 Å². The molecule has 140 valence electrons. The molecule has 0 unspecified atom stereocenters. The molecule has 1 amide bonds. The van der Waals surface area contributed by atoms with Gasteiger partial charge in [-0.05, 0) is 30.7 Å². The van der Waals surface area contributed by atoms with Gasteiger partial charge in [0, 0.05) is 19.6 Å². The van der Waals surface area contributed by atoms with Crippen LogP contribution in [-0.2, 0) is 21.4 Å².